The fourth-order valence-electron chi connectivity index (χ4n) is 2.26. The van der Waals surface area contributed by atoms with Crippen LogP contribution in [0.3, 0.4) is 0 Å². The maximum absolute atomic E-state index is 5.83. The molecule has 1 heterocycles. The first kappa shape index (κ1) is 19.0. The lowest BCUT2D eigenvalue weighted by Crippen LogP contribution is -2.42. The second-order valence-electron chi connectivity index (χ2n) is 5.57. The van der Waals surface area contributed by atoms with Crippen LogP contribution < -0.4 is 11.1 Å². The van der Waals surface area contributed by atoms with Crippen molar-refractivity contribution in [2.45, 2.75) is 52.5 Å². The SMILES string of the molecule is CCCCNC(N)=NCC(C)N1CCC(C)CC1.I. The van der Waals surface area contributed by atoms with Gasteiger partial charge in [-0.05, 0) is 45.2 Å². The average molecular weight is 382 g/mol. The highest BCUT2D eigenvalue weighted by Gasteiger charge is 2.19. The molecular weight excluding hydrogens is 351 g/mol. The lowest BCUT2D eigenvalue weighted by Gasteiger charge is -2.34. The highest BCUT2D eigenvalue weighted by Crippen LogP contribution is 2.17. The third-order valence-electron chi connectivity index (χ3n) is 3.80. The lowest BCUT2D eigenvalue weighted by molar-refractivity contribution is 0.150. The fraction of sp³-hybridized carbons (Fsp3) is 0.929. The first-order valence-corrected chi connectivity index (χ1v) is 7.41. The van der Waals surface area contributed by atoms with Crippen molar-refractivity contribution in [3.8, 4) is 0 Å². The third kappa shape index (κ3) is 7.97. The van der Waals surface area contributed by atoms with Crippen LogP contribution in [-0.2, 0) is 0 Å². The maximum atomic E-state index is 5.83. The van der Waals surface area contributed by atoms with Crippen molar-refractivity contribution in [2.75, 3.05) is 26.2 Å². The van der Waals surface area contributed by atoms with Crippen LogP contribution in [-0.4, -0.2) is 43.1 Å². The molecule has 1 unspecified atom stereocenters. The van der Waals surface area contributed by atoms with E-state index in [0.29, 0.717) is 12.0 Å². The molecule has 0 spiro atoms. The van der Waals surface area contributed by atoms with Gasteiger partial charge in [-0.25, -0.2) is 0 Å². The van der Waals surface area contributed by atoms with Gasteiger partial charge in [-0.2, -0.15) is 0 Å². The third-order valence-corrected chi connectivity index (χ3v) is 3.80. The summed E-state index contributed by atoms with van der Waals surface area (Å²) in [7, 11) is 0. The van der Waals surface area contributed by atoms with Gasteiger partial charge >= 0.3 is 0 Å². The first-order valence-electron chi connectivity index (χ1n) is 7.41. The summed E-state index contributed by atoms with van der Waals surface area (Å²) < 4.78 is 0. The summed E-state index contributed by atoms with van der Waals surface area (Å²) in [6.45, 7) is 10.9. The van der Waals surface area contributed by atoms with E-state index in [2.05, 4.69) is 36.0 Å². The van der Waals surface area contributed by atoms with Crippen molar-refractivity contribution in [1.29, 1.82) is 0 Å². The van der Waals surface area contributed by atoms with Crippen molar-refractivity contribution in [3.63, 3.8) is 0 Å². The Kier molecular flexibility index (Phi) is 10.7. The molecule has 1 rings (SSSR count). The molecule has 0 aromatic rings. The molecule has 0 bridgehead atoms. The lowest BCUT2D eigenvalue weighted by atomic mass is 9.98. The molecule has 114 valence electrons. The number of nitrogens with zero attached hydrogens (tertiary/aromatic N) is 2. The van der Waals surface area contributed by atoms with Crippen LogP contribution in [0, 0.1) is 5.92 Å². The zero-order valence-electron chi connectivity index (χ0n) is 12.7. The Labute approximate surface area is 135 Å². The van der Waals surface area contributed by atoms with Gasteiger partial charge in [0.2, 0.25) is 0 Å². The normalized spacial score (nSPS) is 19.8. The predicted octanol–water partition coefficient (Wildman–Crippen LogP) is 2.43. The number of piperidine rings is 1. The molecule has 0 aromatic heterocycles. The van der Waals surface area contributed by atoms with E-state index in [-0.39, 0.29) is 24.0 Å². The monoisotopic (exact) mass is 382 g/mol. The fourth-order valence-corrected chi connectivity index (χ4v) is 2.26. The Morgan fingerprint density at radius 1 is 1.42 bits per heavy atom. The largest absolute Gasteiger partial charge is 0.370 e. The van der Waals surface area contributed by atoms with E-state index in [0.717, 1.165) is 25.4 Å². The molecule has 0 amide bonds. The minimum Gasteiger partial charge on any atom is -0.370 e. The number of hydrogen-bond donors (Lipinski definition) is 2. The summed E-state index contributed by atoms with van der Waals surface area (Å²) in [5, 5.41) is 3.16. The molecule has 0 radical (unpaired) electrons. The summed E-state index contributed by atoms with van der Waals surface area (Å²) in [6, 6.07) is 0.504. The second kappa shape index (κ2) is 10.7. The van der Waals surface area contributed by atoms with E-state index in [4.69, 9.17) is 5.73 Å². The number of likely N-dealkylation sites (tertiary alicyclic amines) is 1. The predicted molar refractivity (Wildman–Crippen MR) is 94.2 cm³/mol. The smallest absolute Gasteiger partial charge is 0.188 e. The molecule has 4 nitrogen and oxygen atoms in total. The van der Waals surface area contributed by atoms with Gasteiger partial charge in [-0.1, -0.05) is 20.3 Å². The van der Waals surface area contributed by atoms with Crippen molar-refractivity contribution in [1.82, 2.24) is 10.2 Å². The standard InChI is InChI=1S/C14H30N4.HI/c1-4-5-8-16-14(15)17-11-13(3)18-9-6-12(2)7-10-18;/h12-13H,4-11H2,1-3H3,(H3,15,16,17);1H. The first-order chi connectivity index (χ1) is 8.63. The summed E-state index contributed by atoms with van der Waals surface area (Å²) in [4.78, 5) is 6.96. The summed E-state index contributed by atoms with van der Waals surface area (Å²) in [5.41, 5.74) is 5.83. The van der Waals surface area contributed by atoms with Crippen molar-refractivity contribution in [2.24, 2.45) is 16.6 Å². The molecule has 1 aliphatic rings. The van der Waals surface area contributed by atoms with Gasteiger partial charge in [-0.15, -0.1) is 24.0 Å². The van der Waals surface area contributed by atoms with E-state index in [1.807, 2.05) is 0 Å². The van der Waals surface area contributed by atoms with E-state index >= 15 is 0 Å². The van der Waals surface area contributed by atoms with Crippen LogP contribution in [0.1, 0.15) is 46.5 Å². The van der Waals surface area contributed by atoms with E-state index in [9.17, 15) is 0 Å². The van der Waals surface area contributed by atoms with Gasteiger partial charge in [0.05, 0.1) is 6.54 Å². The van der Waals surface area contributed by atoms with Crippen LogP contribution in [0.15, 0.2) is 4.99 Å². The Bertz CT molecular complexity index is 250. The number of nitrogens with one attached hydrogen (secondary N) is 1. The van der Waals surface area contributed by atoms with Crippen molar-refractivity contribution in [3.05, 3.63) is 0 Å². The Hall–Kier alpha value is -0.0400. The number of hydrogen-bond acceptors (Lipinski definition) is 2. The minimum atomic E-state index is 0. The molecule has 0 aromatic carbocycles. The molecule has 1 aliphatic heterocycles. The zero-order valence-corrected chi connectivity index (χ0v) is 15.0. The topological polar surface area (TPSA) is 53.6 Å². The minimum absolute atomic E-state index is 0. The van der Waals surface area contributed by atoms with Gasteiger partial charge in [0.25, 0.3) is 0 Å². The molecule has 0 aliphatic carbocycles. The van der Waals surface area contributed by atoms with E-state index < -0.39 is 0 Å². The molecule has 1 fully saturated rings. The maximum Gasteiger partial charge on any atom is 0.188 e. The van der Waals surface area contributed by atoms with Crippen LogP contribution in [0.4, 0.5) is 0 Å². The molecule has 1 atom stereocenters. The molecule has 1 saturated heterocycles. The molecule has 5 heteroatoms. The molecule has 3 N–H and O–H groups in total. The number of halogens is 1. The van der Waals surface area contributed by atoms with Gasteiger partial charge in [-0.3, -0.25) is 9.89 Å². The molecule has 19 heavy (non-hydrogen) atoms. The zero-order chi connectivity index (χ0) is 13.4. The number of aliphatic imine (C=N–C) groups is 1. The van der Waals surface area contributed by atoms with Crippen LogP contribution in [0.25, 0.3) is 0 Å². The summed E-state index contributed by atoms with van der Waals surface area (Å²) in [6.07, 6.45) is 4.97. The summed E-state index contributed by atoms with van der Waals surface area (Å²) >= 11 is 0. The van der Waals surface area contributed by atoms with Gasteiger partial charge in [0, 0.05) is 12.6 Å². The Morgan fingerprint density at radius 3 is 2.63 bits per heavy atom. The highest BCUT2D eigenvalue weighted by atomic mass is 127. The second-order valence-corrected chi connectivity index (χ2v) is 5.57. The number of rotatable bonds is 6. The number of guanidine groups is 1. The quantitative estimate of drug-likeness (QED) is 0.321. The van der Waals surface area contributed by atoms with Gasteiger partial charge in [0.15, 0.2) is 5.96 Å². The summed E-state index contributed by atoms with van der Waals surface area (Å²) in [5.74, 6) is 1.48. The Morgan fingerprint density at radius 2 is 2.05 bits per heavy atom. The van der Waals surface area contributed by atoms with Gasteiger partial charge < -0.3 is 11.1 Å². The number of nitrogens with two attached hydrogens (primary N) is 1. The van der Waals surface area contributed by atoms with Crippen molar-refractivity contribution >= 4 is 29.9 Å². The van der Waals surface area contributed by atoms with E-state index in [1.165, 1.54) is 32.4 Å². The Balaban J connectivity index is 0.00000324. The van der Waals surface area contributed by atoms with E-state index in [1.54, 1.807) is 0 Å². The van der Waals surface area contributed by atoms with Crippen LogP contribution in [0.5, 0.6) is 0 Å². The highest BCUT2D eigenvalue weighted by molar-refractivity contribution is 14.0. The van der Waals surface area contributed by atoms with Crippen LogP contribution in [0.2, 0.25) is 0 Å². The van der Waals surface area contributed by atoms with Crippen molar-refractivity contribution < 1.29 is 0 Å². The molecular formula is C14H31IN4. The average Bonchev–Trinajstić information content (AvgIpc) is 2.37. The van der Waals surface area contributed by atoms with Gasteiger partial charge in [0.1, 0.15) is 0 Å². The van der Waals surface area contributed by atoms with Crippen LogP contribution >= 0.6 is 24.0 Å². The molecule has 0 saturated carbocycles. The number of unbranched alkanes of at least 4 members (excludes halogenated alkanes) is 1.